The summed E-state index contributed by atoms with van der Waals surface area (Å²) >= 11 is 0. The van der Waals surface area contributed by atoms with Crippen LogP contribution in [0.2, 0.25) is 0 Å². The Bertz CT molecular complexity index is 401. The van der Waals surface area contributed by atoms with Crippen LogP contribution in [-0.4, -0.2) is 28.7 Å². The third kappa shape index (κ3) is 3.84. The zero-order valence-corrected chi connectivity index (χ0v) is 9.33. The number of rotatable bonds is 5. The number of nitrogens with zero attached hydrogens (tertiary/aromatic N) is 1. The van der Waals surface area contributed by atoms with Gasteiger partial charge in [-0.15, -0.1) is 0 Å². The summed E-state index contributed by atoms with van der Waals surface area (Å²) in [6.45, 7) is 1.85. The summed E-state index contributed by atoms with van der Waals surface area (Å²) in [4.78, 5) is 21.0. The maximum absolute atomic E-state index is 11.1. The van der Waals surface area contributed by atoms with E-state index in [1.165, 1.54) is 24.3 Å². The second kappa shape index (κ2) is 5.95. The second-order valence-corrected chi connectivity index (χ2v) is 3.40. The fourth-order valence-electron chi connectivity index (χ4n) is 1.30. The number of aliphatic hydroxyl groups excluding tert-OH is 1. The van der Waals surface area contributed by atoms with Crippen molar-refractivity contribution >= 4 is 11.7 Å². The minimum atomic E-state index is -1.24. The van der Waals surface area contributed by atoms with Crippen LogP contribution in [0, 0.1) is 10.1 Å². The number of ether oxygens (including phenoxy) is 1. The first-order chi connectivity index (χ1) is 8.04. The van der Waals surface area contributed by atoms with E-state index in [0.29, 0.717) is 5.56 Å². The summed E-state index contributed by atoms with van der Waals surface area (Å²) in [5, 5.41) is 19.9. The molecule has 1 N–H and O–H groups in total. The van der Waals surface area contributed by atoms with Crippen LogP contribution in [0.15, 0.2) is 24.3 Å². The van der Waals surface area contributed by atoms with Crippen LogP contribution in [0.25, 0.3) is 0 Å². The Morgan fingerprint density at radius 2 is 2.06 bits per heavy atom. The first-order valence-corrected chi connectivity index (χ1v) is 5.12. The van der Waals surface area contributed by atoms with E-state index < -0.39 is 17.0 Å². The molecule has 0 fully saturated rings. The summed E-state index contributed by atoms with van der Waals surface area (Å²) in [7, 11) is 0. The lowest BCUT2D eigenvalue weighted by Gasteiger charge is -2.09. The van der Waals surface area contributed by atoms with E-state index in [-0.39, 0.29) is 18.7 Å². The molecule has 0 aliphatic carbocycles. The number of benzene rings is 1. The number of nitro benzene ring substituents is 1. The van der Waals surface area contributed by atoms with Gasteiger partial charge in [-0.25, -0.2) is 4.79 Å². The molecule has 0 aliphatic heterocycles. The number of hydrogen-bond donors (Lipinski definition) is 1. The first kappa shape index (κ1) is 13.1. The first-order valence-electron chi connectivity index (χ1n) is 5.12. The Hall–Kier alpha value is -1.95. The summed E-state index contributed by atoms with van der Waals surface area (Å²) in [5.41, 5.74) is 0.607. The van der Waals surface area contributed by atoms with Crippen LogP contribution in [0.5, 0.6) is 0 Å². The van der Waals surface area contributed by atoms with Crippen molar-refractivity contribution in [1.82, 2.24) is 0 Å². The van der Waals surface area contributed by atoms with E-state index in [1.807, 2.05) is 0 Å². The number of non-ortho nitro benzene ring substituents is 1. The van der Waals surface area contributed by atoms with Crippen molar-refractivity contribution in [2.24, 2.45) is 0 Å². The van der Waals surface area contributed by atoms with E-state index >= 15 is 0 Å². The number of carbonyl (C=O) groups is 1. The Morgan fingerprint density at radius 1 is 1.47 bits per heavy atom. The predicted octanol–water partition coefficient (Wildman–Crippen LogP) is 1.06. The van der Waals surface area contributed by atoms with Gasteiger partial charge < -0.3 is 9.84 Å². The zero-order valence-electron chi connectivity index (χ0n) is 9.33. The predicted molar refractivity (Wildman–Crippen MR) is 59.4 cm³/mol. The Balaban J connectivity index is 2.63. The highest BCUT2D eigenvalue weighted by molar-refractivity contribution is 5.74. The molecule has 6 nitrogen and oxygen atoms in total. The van der Waals surface area contributed by atoms with Gasteiger partial charge in [-0.05, 0) is 12.5 Å². The van der Waals surface area contributed by atoms with Crippen molar-refractivity contribution in [2.75, 3.05) is 6.61 Å². The number of aliphatic hydroxyl groups is 1. The van der Waals surface area contributed by atoms with Crippen molar-refractivity contribution in [3.05, 3.63) is 39.9 Å². The molecule has 1 atom stereocenters. The summed E-state index contributed by atoms with van der Waals surface area (Å²) in [6.07, 6.45) is -1.16. The van der Waals surface area contributed by atoms with E-state index in [1.54, 1.807) is 6.92 Å². The SMILES string of the molecule is CCOC(=O)C(O)Cc1ccc([N+](=O)[O-])cc1. The highest BCUT2D eigenvalue weighted by atomic mass is 16.6. The Kier molecular flexibility index (Phi) is 4.59. The summed E-state index contributed by atoms with van der Waals surface area (Å²) in [5.74, 6) is -0.689. The van der Waals surface area contributed by atoms with Crippen molar-refractivity contribution in [3.63, 3.8) is 0 Å². The molecule has 1 aromatic carbocycles. The standard InChI is InChI=1S/C11H13NO5/c1-2-17-11(14)10(13)7-8-3-5-9(6-4-8)12(15)16/h3-6,10,13H,2,7H2,1H3. The van der Waals surface area contributed by atoms with Gasteiger partial charge in [0.15, 0.2) is 6.10 Å². The van der Waals surface area contributed by atoms with Crippen molar-refractivity contribution < 1.29 is 19.6 Å². The maximum atomic E-state index is 11.1. The molecule has 1 rings (SSSR count). The zero-order chi connectivity index (χ0) is 12.8. The fraction of sp³-hybridized carbons (Fsp3) is 0.364. The molecule has 0 aromatic heterocycles. The number of hydrogen-bond acceptors (Lipinski definition) is 5. The highest BCUT2D eigenvalue weighted by Crippen LogP contribution is 2.13. The largest absolute Gasteiger partial charge is 0.464 e. The molecule has 0 spiro atoms. The lowest BCUT2D eigenvalue weighted by Crippen LogP contribution is -2.25. The van der Waals surface area contributed by atoms with Crippen LogP contribution in [-0.2, 0) is 16.0 Å². The maximum Gasteiger partial charge on any atom is 0.335 e. The Labute approximate surface area is 98.0 Å². The lowest BCUT2D eigenvalue weighted by molar-refractivity contribution is -0.384. The monoisotopic (exact) mass is 239 g/mol. The minimum absolute atomic E-state index is 0.0284. The van der Waals surface area contributed by atoms with E-state index in [9.17, 15) is 20.0 Å². The average Bonchev–Trinajstić information content (AvgIpc) is 2.30. The molecule has 6 heteroatoms. The smallest absolute Gasteiger partial charge is 0.335 e. The van der Waals surface area contributed by atoms with Gasteiger partial charge in [0.05, 0.1) is 11.5 Å². The topological polar surface area (TPSA) is 89.7 Å². The van der Waals surface area contributed by atoms with E-state index in [2.05, 4.69) is 4.74 Å². The quantitative estimate of drug-likeness (QED) is 0.471. The molecular formula is C11H13NO5. The van der Waals surface area contributed by atoms with Gasteiger partial charge in [0.25, 0.3) is 5.69 Å². The molecule has 92 valence electrons. The average molecular weight is 239 g/mol. The number of nitro groups is 1. The van der Waals surface area contributed by atoms with Crippen LogP contribution in [0.3, 0.4) is 0 Å². The fourth-order valence-corrected chi connectivity index (χ4v) is 1.30. The van der Waals surface area contributed by atoms with Gasteiger partial charge in [-0.3, -0.25) is 10.1 Å². The van der Waals surface area contributed by atoms with Gasteiger partial charge in [0.2, 0.25) is 0 Å². The highest BCUT2D eigenvalue weighted by Gasteiger charge is 2.17. The van der Waals surface area contributed by atoms with Crippen LogP contribution < -0.4 is 0 Å². The van der Waals surface area contributed by atoms with E-state index in [4.69, 9.17) is 0 Å². The molecule has 1 aromatic rings. The minimum Gasteiger partial charge on any atom is -0.464 e. The normalized spacial score (nSPS) is 11.9. The molecular weight excluding hydrogens is 226 g/mol. The van der Waals surface area contributed by atoms with Crippen LogP contribution in [0.1, 0.15) is 12.5 Å². The second-order valence-electron chi connectivity index (χ2n) is 3.40. The Morgan fingerprint density at radius 3 is 2.53 bits per heavy atom. The summed E-state index contributed by atoms with van der Waals surface area (Å²) in [6, 6.07) is 5.65. The van der Waals surface area contributed by atoms with Gasteiger partial charge >= 0.3 is 5.97 Å². The molecule has 0 heterocycles. The molecule has 0 aliphatic rings. The molecule has 0 saturated carbocycles. The number of esters is 1. The van der Waals surface area contributed by atoms with Gasteiger partial charge in [0.1, 0.15) is 0 Å². The van der Waals surface area contributed by atoms with Crippen LogP contribution >= 0.6 is 0 Å². The van der Waals surface area contributed by atoms with Crippen molar-refractivity contribution in [2.45, 2.75) is 19.4 Å². The van der Waals surface area contributed by atoms with Gasteiger partial charge in [0, 0.05) is 18.6 Å². The van der Waals surface area contributed by atoms with Crippen molar-refractivity contribution in [1.29, 1.82) is 0 Å². The molecule has 17 heavy (non-hydrogen) atoms. The van der Waals surface area contributed by atoms with Gasteiger partial charge in [-0.1, -0.05) is 12.1 Å². The van der Waals surface area contributed by atoms with Crippen molar-refractivity contribution in [3.8, 4) is 0 Å². The molecule has 0 bridgehead atoms. The molecule has 0 saturated heterocycles. The molecule has 1 unspecified atom stereocenters. The van der Waals surface area contributed by atoms with Gasteiger partial charge in [-0.2, -0.15) is 0 Å². The lowest BCUT2D eigenvalue weighted by atomic mass is 10.1. The molecule has 0 amide bonds. The molecule has 0 radical (unpaired) electrons. The number of carbonyl (C=O) groups excluding carboxylic acids is 1. The van der Waals surface area contributed by atoms with E-state index in [0.717, 1.165) is 0 Å². The third-order valence-electron chi connectivity index (χ3n) is 2.13. The summed E-state index contributed by atoms with van der Waals surface area (Å²) < 4.78 is 4.64. The third-order valence-corrected chi connectivity index (χ3v) is 2.13. The van der Waals surface area contributed by atoms with Crippen LogP contribution in [0.4, 0.5) is 5.69 Å².